The van der Waals surface area contributed by atoms with E-state index >= 15 is 0 Å². The summed E-state index contributed by atoms with van der Waals surface area (Å²) in [6.07, 6.45) is -6.01. The van der Waals surface area contributed by atoms with Gasteiger partial charge in [-0.3, -0.25) is 4.79 Å². The third-order valence-electron chi connectivity index (χ3n) is 2.45. The molecule has 1 aromatic rings. The van der Waals surface area contributed by atoms with Crippen molar-refractivity contribution in [1.82, 2.24) is 4.72 Å². The Morgan fingerprint density at radius 2 is 2.10 bits per heavy atom. The lowest BCUT2D eigenvalue weighted by atomic mass is 10.0. The molecule has 0 aromatic carbocycles. The van der Waals surface area contributed by atoms with Gasteiger partial charge in [-0.05, 0) is 17.9 Å². The van der Waals surface area contributed by atoms with Gasteiger partial charge in [0.2, 0.25) is 10.0 Å². The van der Waals surface area contributed by atoms with Gasteiger partial charge < -0.3 is 5.11 Å². The SMILES string of the molecule is O=C(O)CC[C@@H](CNS(=O)(=O)c1cccs1)C(F)(F)F. The summed E-state index contributed by atoms with van der Waals surface area (Å²) in [5, 5.41) is 9.89. The Labute approximate surface area is 117 Å². The summed E-state index contributed by atoms with van der Waals surface area (Å²) in [6, 6.07) is 2.73. The zero-order valence-corrected chi connectivity index (χ0v) is 11.7. The van der Waals surface area contributed by atoms with Gasteiger partial charge in [0.25, 0.3) is 0 Å². The molecule has 0 aliphatic carbocycles. The van der Waals surface area contributed by atoms with E-state index in [2.05, 4.69) is 0 Å². The summed E-state index contributed by atoms with van der Waals surface area (Å²) in [4.78, 5) is 10.3. The maximum Gasteiger partial charge on any atom is 0.393 e. The van der Waals surface area contributed by atoms with Crippen molar-refractivity contribution in [3.63, 3.8) is 0 Å². The number of hydrogen-bond acceptors (Lipinski definition) is 4. The molecule has 0 fully saturated rings. The molecule has 0 aliphatic heterocycles. The van der Waals surface area contributed by atoms with Gasteiger partial charge in [-0.1, -0.05) is 6.07 Å². The Hall–Kier alpha value is -1.13. The predicted molar refractivity (Wildman–Crippen MR) is 65.9 cm³/mol. The van der Waals surface area contributed by atoms with Crippen LogP contribution in [0.1, 0.15) is 12.8 Å². The van der Waals surface area contributed by atoms with Crippen LogP contribution in [-0.2, 0) is 14.8 Å². The number of carboxylic acids is 1. The summed E-state index contributed by atoms with van der Waals surface area (Å²) < 4.78 is 63.1. The van der Waals surface area contributed by atoms with E-state index in [1.54, 1.807) is 0 Å². The Kier molecular flexibility index (Phi) is 5.54. The molecule has 0 radical (unpaired) electrons. The van der Waals surface area contributed by atoms with E-state index in [-0.39, 0.29) is 4.21 Å². The molecule has 20 heavy (non-hydrogen) atoms. The average Bonchev–Trinajstić information content (AvgIpc) is 2.80. The van der Waals surface area contributed by atoms with Crippen LogP contribution in [0, 0.1) is 5.92 Å². The lowest BCUT2D eigenvalue weighted by Crippen LogP contribution is -2.36. The molecule has 1 heterocycles. The minimum Gasteiger partial charge on any atom is -0.481 e. The zero-order chi connectivity index (χ0) is 15.4. The van der Waals surface area contributed by atoms with E-state index in [4.69, 9.17) is 5.11 Å². The molecule has 10 heteroatoms. The van der Waals surface area contributed by atoms with Crippen molar-refractivity contribution in [3.8, 4) is 0 Å². The van der Waals surface area contributed by atoms with Crippen LogP contribution < -0.4 is 4.72 Å². The van der Waals surface area contributed by atoms with Gasteiger partial charge in [-0.15, -0.1) is 11.3 Å². The van der Waals surface area contributed by atoms with Crippen LogP contribution in [0.25, 0.3) is 0 Å². The summed E-state index contributed by atoms with van der Waals surface area (Å²) in [7, 11) is -3.99. The lowest BCUT2D eigenvalue weighted by Gasteiger charge is -2.19. The predicted octanol–water partition coefficient (Wildman–Crippen LogP) is 2.07. The summed E-state index contributed by atoms with van der Waals surface area (Å²) in [5.41, 5.74) is 0. The molecule has 0 saturated carbocycles. The quantitative estimate of drug-likeness (QED) is 0.801. The van der Waals surface area contributed by atoms with E-state index < -0.39 is 47.5 Å². The standard InChI is InChI=1S/C10H12F3NO4S2/c11-10(12,13)7(3-4-8(15)16)6-14-20(17,18)9-2-1-5-19-9/h1-2,5,7,14H,3-4,6H2,(H,15,16)/t7-/m0/s1. The second kappa shape index (κ2) is 6.55. The average molecular weight is 331 g/mol. The van der Waals surface area contributed by atoms with E-state index in [9.17, 15) is 26.4 Å². The first kappa shape index (κ1) is 16.9. The normalized spacial score (nSPS) is 14.2. The number of alkyl halides is 3. The third kappa shape index (κ3) is 5.10. The van der Waals surface area contributed by atoms with Crippen molar-refractivity contribution in [2.75, 3.05) is 6.54 Å². The van der Waals surface area contributed by atoms with Gasteiger partial charge in [0.15, 0.2) is 0 Å². The lowest BCUT2D eigenvalue weighted by molar-refractivity contribution is -0.175. The number of sulfonamides is 1. The van der Waals surface area contributed by atoms with Crippen molar-refractivity contribution >= 4 is 27.3 Å². The molecular weight excluding hydrogens is 319 g/mol. The van der Waals surface area contributed by atoms with Gasteiger partial charge in [0.05, 0.1) is 5.92 Å². The highest BCUT2D eigenvalue weighted by molar-refractivity contribution is 7.91. The van der Waals surface area contributed by atoms with Crippen molar-refractivity contribution in [2.24, 2.45) is 5.92 Å². The fourth-order valence-electron chi connectivity index (χ4n) is 1.38. The van der Waals surface area contributed by atoms with Crippen molar-refractivity contribution in [1.29, 1.82) is 0 Å². The van der Waals surface area contributed by atoms with Gasteiger partial charge in [0.1, 0.15) is 4.21 Å². The summed E-state index contributed by atoms with van der Waals surface area (Å²) in [6.45, 7) is -0.878. The van der Waals surface area contributed by atoms with Crippen LogP contribution in [0.4, 0.5) is 13.2 Å². The van der Waals surface area contributed by atoms with Crippen LogP contribution in [0.2, 0.25) is 0 Å². The molecule has 1 atom stereocenters. The number of nitrogens with one attached hydrogen (secondary N) is 1. The molecule has 0 amide bonds. The smallest absolute Gasteiger partial charge is 0.393 e. The van der Waals surface area contributed by atoms with Gasteiger partial charge in [0, 0.05) is 13.0 Å². The first-order valence-corrected chi connectivity index (χ1v) is 7.81. The molecule has 114 valence electrons. The molecular formula is C10H12F3NO4S2. The van der Waals surface area contributed by atoms with Gasteiger partial charge in [-0.25, -0.2) is 13.1 Å². The second-order valence-corrected chi connectivity index (χ2v) is 6.90. The number of thiophene rings is 1. The number of aliphatic carboxylic acids is 1. The van der Waals surface area contributed by atoms with Crippen LogP contribution >= 0.6 is 11.3 Å². The fourth-order valence-corrected chi connectivity index (χ4v) is 3.50. The van der Waals surface area contributed by atoms with Crippen LogP contribution in [0.3, 0.4) is 0 Å². The Bertz CT molecular complexity index is 539. The Morgan fingerprint density at radius 1 is 1.45 bits per heavy atom. The van der Waals surface area contributed by atoms with Gasteiger partial charge >= 0.3 is 12.1 Å². The second-order valence-electron chi connectivity index (χ2n) is 3.95. The number of halogens is 3. The van der Waals surface area contributed by atoms with Crippen LogP contribution in [0.15, 0.2) is 21.7 Å². The summed E-state index contributed by atoms with van der Waals surface area (Å²) >= 11 is 0.881. The number of hydrogen-bond donors (Lipinski definition) is 2. The largest absolute Gasteiger partial charge is 0.481 e. The molecule has 0 aliphatic rings. The molecule has 0 bridgehead atoms. The molecule has 1 aromatic heterocycles. The molecule has 0 spiro atoms. The topological polar surface area (TPSA) is 83.5 Å². The number of carboxylic acid groups (broad SMARTS) is 1. The van der Waals surface area contributed by atoms with Crippen molar-refractivity contribution in [2.45, 2.75) is 23.2 Å². The number of carbonyl (C=O) groups is 1. The van der Waals surface area contributed by atoms with Crippen molar-refractivity contribution in [3.05, 3.63) is 17.5 Å². The van der Waals surface area contributed by atoms with Gasteiger partial charge in [-0.2, -0.15) is 13.2 Å². The first-order valence-electron chi connectivity index (χ1n) is 5.44. The highest BCUT2D eigenvalue weighted by Gasteiger charge is 2.40. The number of rotatable bonds is 7. The van der Waals surface area contributed by atoms with E-state index in [1.807, 2.05) is 4.72 Å². The fraction of sp³-hybridized carbons (Fsp3) is 0.500. The maximum absolute atomic E-state index is 12.7. The molecule has 0 saturated heterocycles. The molecule has 5 nitrogen and oxygen atoms in total. The maximum atomic E-state index is 12.7. The summed E-state index contributed by atoms with van der Waals surface area (Å²) in [5.74, 6) is -3.39. The molecule has 2 N–H and O–H groups in total. The van der Waals surface area contributed by atoms with E-state index in [0.29, 0.717) is 0 Å². The highest BCUT2D eigenvalue weighted by Crippen LogP contribution is 2.29. The Morgan fingerprint density at radius 3 is 2.55 bits per heavy atom. The van der Waals surface area contributed by atoms with E-state index in [0.717, 1.165) is 11.3 Å². The monoisotopic (exact) mass is 331 g/mol. The zero-order valence-electron chi connectivity index (χ0n) is 10.1. The molecule has 1 rings (SSSR count). The van der Waals surface area contributed by atoms with Crippen molar-refractivity contribution < 1.29 is 31.5 Å². The molecule has 0 unspecified atom stereocenters. The third-order valence-corrected chi connectivity index (χ3v) is 5.27. The van der Waals surface area contributed by atoms with Crippen LogP contribution in [0.5, 0.6) is 0 Å². The minimum absolute atomic E-state index is 0.0864. The van der Waals surface area contributed by atoms with E-state index in [1.165, 1.54) is 17.5 Å². The minimum atomic E-state index is -4.66. The Balaban J connectivity index is 2.69. The van der Waals surface area contributed by atoms with Crippen LogP contribution in [-0.4, -0.2) is 32.2 Å². The first-order chi connectivity index (χ1) is 9.13. The highest BCUT2D eigenvalue weighted by atomic mass is 32.2.